The van der Waals surface area contributed by atoms with Crippen LogP contribution in [-0.4, -0.2) is 73.7 Å². The van der Waals surface area contributed by atoms with E-state index in [9.17, 15) is 13.6 Å². The Labute approximate surface area is 457 Å². The number of hydrogen-bond donors (Lipinski definition) is 1. The number of aromatic hydroxyl groups is 1. The van der Waals surface area contributed by atoms with Crippen LogP contribution in [0.5, 0.6) is 11.5 Å². The van der Waals surface area contributed by atoms with Gasteiger partial charge in [-0.25, -0.2) is 18.6 Å². The van der Waals surface area contributed by atoms with Crippen molar-refractivity contribution in [2.24, 2.45) is 0 Å². The van der Waals surface area contributed by atoms with E-state index in [2.05, 4.69) is 93.8 Å². The van der Waals surface area contributed by atoms with Gasteiger partial charge >= 0.3 is 20.3 Å². The van der Waals surface area contributed by atoms with Gasteiger partial charge in [0.05, 0.1) is 40.2 Å². The first-order valence-corrected chi connectivity index (χ1v) is 26.3. The van der Waals surface area contributed by atoms with Gasteiger partial charge in [0, 0.05) is 24.3 Å². The molecule has 2 aromatic heterocycles. The lowest BCUT2D eigenvalue weighted by Crippen LogP contribution is -2.41. The zero-order chi connectivity index (χ0) is 53.3. The lowest BCUT2D eigenvalue weighted by molar-refractivity contribution is 0.00578. The average molecular weight is 1150 g/mol. The van der Waals surface area contributed by atoms with Gasteiger partial charge in [0.1, 0.15) is 23.6 Å². The summed E-state index contributed by atoms with van der Waals surface area (Å²) in [5.74, 6) is -0.141. The van der Waals surface area contributed by atoms with Crippen molar-refractivity contribution in [2.75, 3.05) is 6.54 Å². The summed E-state index contributed by atoms with van der Waals surface area (Å²) < 4.78 is 63.4. The highest BCUT2D eigenvalue weighted by Gasteiger charge is 2.52. The molecular weight excluding hydrogens is 1090 g/mol. The Morgan fingerprint density at radius 1 is 0.707 bits per heavy atom. The Kier molecular flexibility index (Phi) is 19.9. The van der Waals surface area contributed by atoms with Crippen molar-refractivity contribution in [3.8, 4) is 11.5 Å². The number of phenols is 1. The van der Waals surface area contributed by atoms with Gasteiger partial charge in [-0.1, -0.05) is 126 Å². The third-order valence-electron chi connectivity index (χ3n) is 13.7. The maximum atomic E-state index is 13.5. The maximum absolute atomic E-state index is 13.5. The summed E-state index contributed by atoms with van der Waals surface area (Å²) in [6.45, 7) is 17.7. The van der Waals surface area contributed by atoms with Crippen LogP contribution in [0.1, 0.15) is 104 Å². The molecule has 3 aliphatic rings. The number of aromatic nitrogens is 3. The molecular formula is C57H66B2Br2F2N4O8. The van der Waals surface area contributed by atoms with Gasteiger partial charge in [-0.05, 0) is 136 Å². The number of halogens is 4. The third kappa shape index (κ3) is 14.7. The van der Waals surface area contributed by atoms with E-state index in [-0.39, 0.29) is 80.1 Å². The number of para-hydroxylation sites is 2. The molecule has 1 N–H and O–H groups in total. The molecule has 12 nitrogen and oxygen atoms in total. The number of rotatable bonds is 9. The predicted molar refractivity (Wildman–Crippen MR) is 298 cm³/mol. The van der Waals surface area contributed by atoms with E-state index < -0.39 is 5.82 Å². The van der Waals surface area contributed by atoms with Crippen LogP contribution in [0.25, 0.3) is 5.52 Å². The fraction of sp³-hybridized carbons (Fsp3) is 0.351. The summed E-state index contributed by atoms with van der Waals surface area (Å²) in [5.41, 5.74) is 4.86. The second-order valence-electron chi connectivity index (χ2n) is 19.9. The largest absolute Gasteiger partial charge is 0.505 e. The van der Waals surface area contributed by atoms with Gasteiger partial charge in [0.2, 0.25) is 0 Å². The summed E-state index contributed by atoms with van der Waals surface area (Å²) in [7, 11) is -0.638. The zero-order valence-corrected chi connectivity index (χ0v) is 46.1. The molecule has 3 saturated heterocycles. The van der Waals surface area contributed by atoms with Gasteiger partial charge in [0.25, 0.3) is 0 Å². The normalized spacial score (nSPS) is 17.6. The SMILES string of the molecule is C.CC1(C)OB(c2ccc(CBr)cc2)OC1(C)C.CC1(C)OB(c2ccc(COc3ccccc3F)cc2)OC1(C)C.O=C(OCc1ccccc1)N1CCC[C@H]1c1nc(Br)c2cnccn12.Oc1ccccc1F. The summed E-state index contributed by atoms with van der Waals surface area (Å²) in [6, 6.07) is 37.7. The van der Waals surface area contributed by atoms with Crippen LogP contribution in [-0.2, 0) is 41.9 Å². The van der Waals surface area contributed by atoms with Crippen LogP contribution in [0.4, 0.5) is 13.6 Å². The summed E-state index contributed by atoms with van der Waals surface area (Å²) in [4.78, 5) is 23.1. The highest BCUT2D eigenvalue weighted by Crippen LogP contribution is 2.38. The monoisotopic (exact) mass is 1150 g/mol. The Hall–Kier alpha value is -5.62. The molecule has 1 atom stereocenters. The molecule has 0 unspecified atom stereocenters. The molecule has 18 heteroatoms. The van der Waals surface area contributed by atoms with Crippen molar-refractivity contribution in [1.29, 1.82) is 0 Å². The molecule has 0 radical (unpaired) electrons. The van der Waals surface area contributed by atoms with Crippen LogP contribution in [0, 0.1) is 11.6 Å². The fourth-order valence-corrected chi connectivity index (χ4v) is 8.73. The lowest BCUT2D eigenvalue weighted by Gasteiger charge is -2.32. The van der Waals surface area contributed by atoms with Crippen molar-refractivity contribution >= 4 is 68.6 Å². The van der Waals surface area contributed by atoms with Crippen LogP contribution in [0.15, 0.2) is 151 Å². The van der Waals surface area contributed by atoms with Crippen molar-refractivity contribution in [1.82, 2.24) is 19.3 Å². The quantitative estimate of drug-likeness (QED) is 0.110. The van der Waals surface area contributed by atoms with Crippen molar-refractivity contribution in [3.63, 3.8) is 0 Å². The second-order valence-corrected chi connectivity index (χ2v) is 21.3. The highest BCUT2D eigenvalue weighted by atomic mass is 79.9. The van der Waals surface area contributed by atoms with Crippen LogP contribution < -0.4 is 15.7 Å². The topological polar surface area (TPSA) is 126 Å². The van der Waals surface area contributed by atoms with Crippen molar-refractivity contribution in [3.05, 3.63) is 185 Å². The van der Waals surface area contributed by atoms with E-state index >= 15 is 0 Å². The minimum Gasteiger partial charge on any atom is -0.505 e. The first kappa shape index (κ1) is 58.6. The van der Waals surface area contributed by atoms with Gasteiger partial charge in [0.15, 0.2) is 23.1 Å². The van der Waals surface area contributed by atoms with E-state index in [1.807, 2.05) is 92.9 Å². The minimum atomic E-state index is -0.576. The number of amides is 1. The molecule has 3 aliphatic heterocycles. The number of hydrogen-bond acceptors (Lipinski definition) is 10. The number of ether oxygens (including phenoxy) is 2. The van der Waals surface area contributed by atoms with Crippen molar-refractivity contribution < 1.29 is 46.8 Å². The molecule has 3 fully saturated rings. The van der Waals surface area contributed by atoms with Gasteiger partial charge < -0.3 is 33.2 Å². The number of likely N-dealkylation sites (tertiary alicyclic amines) is 1. The molecule has 7 aromatic rings. The van der Waals surface area contributed by atoms with Gasteiger partial charge in [-0.3, -0.25) is 14.3 Å². The Balaban J connectivity index is 0.000000171. The minimum absolute atomic E-state index is 0. The second kappa shape index (κ2) is 25.5. The van der Waals surface area contributed by atoms with E-state index in [0.29, 0.717) is 13.2 Å². The molecule has 0 spiro atoms. The molecule has 10 rings (SSSR count). The van der Waals surface area contributed by atoms with Gasteiger partial charge in [-0.15, -0.1) is 0 Å². The standard InChI is InChI=1S/C19H22BFO3.C18H17BrN4O2.C13H18BBrO2.C6H5FO.CH4/c1-18(2)19(3,4)24-20(23-18)15-11-9-14(10-12-15)13-22-17-8-6-5-7-16(17)21;19-16-15-11-20-8-10-22(15)17(21-16)14-7-4-9-23(14)18(24)25-12-13-5-2-1-3-6-13;1-12(2)13(3,4)17-14(16-12)11-7-5-10(9-15)6-8-11;7-5-3-1-2-4-6(5)8;/h5-12H,13H2,1-4H3;1-3,5-6,8,10-11,14H,4,7,9,12H2;5-8H,9H2,1-4H3;1-4,8H;1H4/t;14-;;;/m.0.../s1. The van der Waals surface area contributed by atoms with Crippen molar-refractivity contribution in [2.45, 2.75) is 123 Å². The predicted octanol–water partition coefficient (Wildman–Crippen LogP) is 12.7. The van der Waals surface area contributed by atoms with E-state index in [1.54, 1.807) is 41.6 Å². The van der Waals surface area contributed by atoms with Crippen LogP contribution in [0.3, 0.4) is 0 Å². The lowest BCUT2D eigenvalue weighted by atomic mass is 9.79. The average Bonchev–Trinajstić information content (AvgIpc) is 4.12. The number of carbonyl (C=O) groups is 1. The summed E-state index contributed by atoms with van der Waals surface area (Å²) >= 11 is 6.92. The first-order valence-electron chi connectivity index (χ1n) is 24.4. The zero-order valence-electron chi connectivity index (χ0n) is 42.9. The van der Waals surface area contributed by atoms with E-state index in [4.69, 9.17) is 33.2 Å². The number of nitrogens with zero attached hydrogens (tertiary/aromatic N) is 4. The molecule has 0 aliphatic carbocycles. The van der Waals surface area contributed by atoms with Gasteiger partial charge in [-0.2, -0.15) is 0 Å². The van der Waals surface area contributed by atoms with E-state index in [1.165, 1.54) is 29.8 Å². The molecule has 5 heterocycles. The molecule has 396 valence electrons. The molecule has 5 aromatic carbocycles. The van der Waals surface area contributed by atoms with Crippen LogP contribution in [0.2, 0.25) is 0 Å². The smallest absolute Gasteiger partial charge is 0.494 e. The van der Waals surface area contributed by atoms with E-state index in [0.717, 1.165) is 56.2 Å². The number of imidazole rings is 1. The highest BCUT2D eigenvalue weighted by molar-refractivity contribution is 9.10. The summed E-state index contributed by atoms with van der Waals surface area (Å²) in [5, 5.41) is 9.42. The summed E-state index contributed by atoms with van der Waals surface area (Å²) in [6.07, 6.45) is 6.85. The Bertz CT molecular complexity index is 2900. The van der Waals surface area contributed by atoms with Crippen LogP contribution >= 0.6 is 31.9 Å². The Morgan fingerprint density at radius 2 is 1.21 bits per heavy atom. The number of carbonyl (C=O) groups excluding carboxylic acids is 1. The fourth-order valence-electron chi connectivity index (χ4n) is 7.88. The number of phenolic OH excluding ortho intramolecular Hbond substituents is 1. The third-order valence-corrected chi connectivity index (χ3v) is 14.9. The molecule has 1 amide bonds. The first-order chi connectivity index (χ1) is 35.2. The molecule has 0 saturated carbocycles. The Morgan fingerprint density at radius 3 is 1.73 bits per heavy atom. The number of fused-ring (bicyclic) bond motifs is 1. The maximum Gasteiger partial charge on any atom is 0.494 e. The molecule has 0 bridgehead atoms. The number of benzene rings is 5. The molecule has 75 heavy (non-hydrogen) atoms. The number of alkyl halides is 1.